The van der Waals surface area contributed by atoms with Crippen molar-refractivity contribution in [2.24, 2.45) is 0 Å². The highest BCUT2D eigenvalue weighted by molar-refractivity contribution is 5.90. The van der Waals surface area contributed by atoms with Gasteiger partial charge in [0, 0.05) is 30.6 Å². The van der Waals surface area contributed by atoms with Gasteiger partial charge in [0.2, 0.25) is 5.91 Å². The summed E-state index contributed by atoms with van der Waals surface area (Å²) in [4.78, 5) is 35.6. The normalized spacial score (nSPS) is 16.2. The lowest BCUT2D eigenvalue weighted by molar-refractivity contribution is -0.393. The van der Waals surface area contributed by atoms with E-state index in [9.17, 15) is 38.2 Å². The fourth-order valence-corrected chi connectivity index (χ4v) is 3.79. The number of halogens is 3. The van der Waals surface area contributed by atoms with Crippen molar-refractivity contribution in [1.29, 1.82) is 0 Å². The van der Waals surface area contributed by atoms with E-state index >= 15 is 0 Å². The molecule has 176 valence electrons. The molecule has 1 heterocycles. The van der Waals surface area contributed by atoms with Gasteiger partial charge in [0.15, 0.2) is 5.69 Å². The first-order valence-electron chi connectivity index (χ1n) is 9.88. The Morgan fingerprint density at radius 1 is 1.03 bits per heavy atom. The number of nitrogens with one attached hydrogen (secondary N) is 1. The zero-order valence-electron chi connectivity index (χ0n) is 18.0. The number of nitrogens with zero attached hydrogens (tertiary/aromatic N) is 3. The molecular formula is C21H21F3N4O5. The number of fused-ring (bicyclic) bond motifs is 1. The van der Waals surface area contributed by atoms with Gasteiger partial charge in [-0.1, -0.05) is 24.3 Å². The third kappa shape index (κ3) is 5.04. The summed E-state index contributed by atoms with van der Waals surface area (Å²) in [5.74, 6) is -0.555. The van der Waals surface area contributed by atoms with E-state index in [0.717, 1.165) is 10.5 Å². The number of amides is 1. The Morgan fingerprint density at radius 2 is 1.55 bits per heavy atom. The highest BCUT2D eigenvalue weighted by Crippen LogP contribution is 2.45. The predicted molar refractivity (Wildman–Crippen MR) is 113 cm³/mol. The van der Waals surface area contributed by atoms with Gasteiger partial charge in [0.05, 0.1) is 15.4 Å². The molecule has 1 amide bonds. The van der Waals surface area contributed by atoms with Crippen LogP contribution in [0.3, 0.4) is 0 Å². The zero-order valence-corrected chi connectivity index (χ0v) is 18.0. The van der Waals surface area contributed by atoms with Gasteiger partial charge in [-0.15, -0.1) is 0 Å². The first-order chi connectivity index (χ1) is 15.2. The van der Waals surface area contributed by atoms with Crippen molar-refractivity contribution in [2.75, 3.05) is 4.90 Å². The zero-order chi connectivity index (χ0) is 24.7. The van der Waals surface area contributed by atoms with Crippen LogP contribution in [0.25, 0.3) is 0 Å². The van der Waals surface area contributed by atoms with Gasteiger partial charge in [-0.2, -0.15) is 13.2 Å². The summed E-state index contributed by atoms with van der Waals surface area (Å²) >= 11 is 0. The van der Waals surface area contributed by atoms with Crippen LogP contribution in [-0.4, -0.2) is 27.3 Å². The van der Waals surface area contributed by atoms with E-state index in [0.29, 0.717) is 5.56 Å². The number of carbonyl (C=O) groups is 1. The summed E-state index contributed by atoms with van der Waals surface area (Å²) in [5.41, 5.74) is -3.60. The van der Waals surface area contributed by atoms with E-state index in [1.807, 2.05) is 0 Å². The molecule has 1 aliphatic heterocycles. The highest BCUT2D eigenvalue weighted by atomic mass is 19.4. The van der Waals surface area contributed by atoms with Gasteiger partial charge in [-0.3, -0.25) is 25.0 Å². The maximum atomic E-state index is 13.3. The van der Waals surface area contributed by atoms with E-state index in [2.05, 4.69) is 5.32 Å². The lowest BCUT2D eigenvalue weighted by Gasteiger charge is -2.38. The molecule has 2 aromatic rings. The molecule has 0 fully saturated rings. The molecule has 1 aliphatic rings. The van der Waals surface area contributed by atoms with Crippen LogP contribution in [0.4, 0.5) is 30.2 Å². The lowest BCUT2D eigenvalue weighted by atomic mass is 9.91. The van der Waals surface area contributed by atoms with Crippen molar-refractivity contribution in [3.63, 3.8) is 0 Å². The van der Waals surface area contributed by atoms with Crippen LogP contribution in [0, 0.1) is 20.2 Å². The van der Waals surface area contributed by atoms with E-state index < -0.39 is 56.1 Å². The average molecular weight is 466 g/mol. The molecule has 0 aliphatic carbocycles. The number of anilines is 1. The standard InChI is InChI=1S/C21H21F3N4O5/c1-20(2,3)25-19(29)17-8-12-6-4-5-7-13(12)11-26(17)18-15(27(30)31)9-14(21(22,23)24)10-16(18)28(32)33/h4-7,9-10,17H,8,11H2,1-3H3,(H,25,29). The summed E-state index contributed by atoms with van der Waals surface area (Å²) in [6, 6.07) is 6.32. The summed E-state index contributed by atoms with van der Waals surface area (Å²) in [7, 11) is 0. The van der Waals surface area contributed by atoms with Gasteiger partial charge in [0.1, 0.15) is 6.04 Å². The number of nitro groups is 2. The molecule has 12 heteroatoms. The van der Waals surface area contributed by atoms with E-state index in [1.54, 1.807) is 45.0 Å². The number of carbonyl (C=O) groups excluding carboxylic acids is 1. The summed E-state index contributed by atoms with van der Waals surface area (Å²) in [6.45, 7) is 5.02. The van der Waals surface area contributed by atoms with Crippen LogP contribution >= 0.6 is 0 Å². The topological polar surface area (TPSA) is 119 Å². The molecule has 9 nitrogen and oxygen atoms in total. The summed E-state index contributed by atoms with van der Waals surface area (Å²) in [6.07, 6.45) is -4.97. The van der Waals surface area contributed by atoms with Crippen LogP contribution in [-0.2, 0) is 23.9 Å². The Balaban J connectivity index is 2.27. The largest absolute Gasteiger partial charge is 0.416 e. The number of nitro benzene ring substituents is 2. The molecule has 0 saturated carbocycles. The van der Waals surface area contributed by atoms with Gasteiger partial charge in [0.25, 0.3) is 11.4 Å². The first kappa shape index (κ1) is 24.0. The Bertz CT molecular complexity index is 1090. The SMILES string of the molecule is CC(C)(C)NC(=O)C1Cc2ccccc2CN1c1c([N+](=O)[O-])cc(C(F)(F)F)cc1[N+](=O)[O-]. The average Bonchev–Trinajstić information content (AvgIpc) is 2.69. The molecule has 3 rings (SSSR count). The van der Waals surface area contributed by atoms with E-state index in [4.69, 9.17) is 0 Å². The highest BCUT2D eigenvalue weighted by Gasteiger charge is 2.43. The van der Waals surface area contributed by atoms with Crippen LogP contribution in [0.15, 0.2) is 36.4 Å². The van der Waals surface area contributed by atoms with Crippen molar-refractivity contribution in [3.05, 3.63) is 73.3 Å². The molecule has 0 aromatic heterocycles. The van der Waals surface area contributed by atoms with Crippen molar-refractivity contribution >= 4 is 23.0 Å². The third-order valence-corrected chi connectivity index (χ3v) is 5.13. The van der Waals surface area contributed by atoms with Crippen LogP contribution in [0.5, 0.6) is 0 Å². The fourth-order valence-electron chi connectivity index (χ4n) is 3.79. The number of rotatable bonds is 4. The number of hydrogen-bond donors (Lipinski definition) is 1. The molecule has 1 unspecified atom stereocenters. The smallest absolute Gasteiger partial charge is 0.350 e. The monoisotopic (exact) mass is 466 g/mol. The second-order valence-electron chi connectivity index (χ2n) is 8.73. The summed E-state index contributed by atoms with van der Waals surface area (Å²) < 4.78 is 39.9. The molecular weight excluding hydrogens is 445 g/mol. The van der Waals surface area contributed by atoms with E-state index in [-0.39, 0.29) is 25.1 Å². The van der Waals surface area contributed by atoms with Crippen molar-refractivity contribution in [3.8, 4) is 0 Å². The minimum atomic E-state index is -5.04. The fraction of sp³-hybridized carbons (Fsp3) is 0.381. The van der Waals surface area contributed by atoms with Crippen LogP contribution < -0.4 is 10.2 Å². The van der Waals surface area contributed by atoms with E-state index in [1.165, 1.54) is 0 Å². The van der Waals surface area contributed by atoms with Gasteiger partial charge < -0.3 is 10.2 Å². The van der Waals surface area contributed by atoms with Gasteiger partial charge in [-0.05, 0) is 31.9 Å². The maximum Gasteiger partial charge on any atom is 0.416 e. The van der Waals surface area contributed by atoms with Crippen molar-refractivity contribution in [2.45, 2.75) is 51.5 Å². The molecule has 0 saturated heterocycles. The first-order valence-corrected chi connectivity index (χ1v) is 9.88. The molecule has 1 atom stereocenters. The quantitative estimate of drug-likeness (QED) is 0.528. The Kier molecular flexibility index (Phi) is 6.05. The number of benzene rings is 2. The minimum Gasteiger partial charge on any atom is -0.350 e. The number of alkyl halides is 3. The Labute approximate surface area is 186 Å². The summed E-state index contributed by atoms with van der Waals surface area (Å²) in [5, 5.41) is 26.3. The second-order valence-corrected chi connectivity index (χ2v) is 8.73. The van der Waals surface area contributed by atoms with Crippen LogP contribution in [0.1, 0.15) is 37.5 Å². The van der Waals surface area contributed by atoms with Crippen LogP contribution in [0.2, 0.25) is 0 Å². The Hall–Kier alpha value is -3.70. The molecule has 0 bridgehead atoms. The molecule has 2 aromatic carbocycles. The van der Waals surface area contributed by atoms with Crippen molar-refractivity contribution in [1.82, 2.24) is 5.32 Å². The molecule has 1 N–H and O–H groups in total. The Morgan fingerprint density at radius 3 is 2.00 bits per heavy atom. The maximum absolute atomic E-state index is 13.3. The third-order valence-electron chi connectivity index (χ3n) is 5.13. The van der Waals surface area contributed by atoms with Gasteiger partial charge >= 0.3 is 6.18 Å². The predicted octanol–water partition coefficient (Wildman–Crippen LogP) is 4.37. The second kappa shape index (κ2) is 8.34. The van der Waals surface area contributed by atoms with Crippen molar-refractivity contribution < 1.29 is 27.8 Å². The minimum absolute atomic E-state index is 0.0629. The molecule has 0 spiro atoms. The van der Waals surface area contributed by atoms with Gasteiger partial charge in [-0.25, -0.2) is 0 Å². The molecule has 0 radical (unpaired) electrons. The number of hydrogen-bond acceptors (Lipinski definition) is 6. The lowest BCUT2D eigenvalue weighted by Crippen LogP contribution is -2.54. The molecule has 33 heavy (non-hydrogen) atoms.